The molecule has 0 radical (unpaired) electrons. The molecule has 2 amide bonds. The molecule has 3 fully saturated rings. The van der Waals surface area contributed by atoms with E-state index < -0.39 is 10.0 Å². The molecule has 33 heavy (non-hydrogen) atoms. The van der Waals surface area contributed by atoms with E-state index in [1.807, 2.05) is 20.8 Å². The molecule has 0 bridgehead atoms. The monoisotopic (exact) mass is 472 g/mol. The first kappa shape index (κ1) is 22.4. The van der Waals surface area contributed by atoms with Crippen LogP contribution in [0.15, 0.2) is 33.6 Å². The standard InChI is InChI=1S/C24H32N4O4S/c29-23(26-12-4-1-5-13-26)18-10-15-27(16-11-18)24(30)19-7-6-14-28(17-19)22-20-8-2-3-9-21(20)33(31,32)25-22/h2-3,8-9,18-19H,1,4-7,10-17H2/t19-/m0/s1. The highest BCUT2D eigenvalue weighted by atomic mass is 32.2. The van der Waals surface area contributed by atoms with Crippen molar-refractivity contribution in [3.05, 3.63) is 29.8 Å². The molecule has 1 atom stereocenters. The van der Waals surface area contributed by atoms with E-state index in [0.29, 0.717) is 37.6 Å². The number of hydrogen-bond donors (Lipinski definition) is 0. The Kier molecular flexibility index (Phi) is 6.16. The van der Waals surface area contributed by atoms with E-state index in [0.717, 1.165) is 51.6 Å². The summed E-state index contributed by atoms with van der Waals surface area (Å²) in [6, 6.07) is 6.89. The van der Waals surface area contributed by atoms with E-state index in [1.165, 1.54) is 6.42 Å². The van der Waals surface area contributed by atoms with Crippen LogP contribution in [0.2, 0.25) is 0 Å². The molecule has 5 rings (SSSR count). The van der Waals surface area contributed by atoms with Gasteiger partial charge >= 0.3 is 0 Å². The molecule has 1 aromatic carbocycles. The summed E-state index contributed by atoms with van der Waals surface area (Å²) in [5.41, 5.74) is 0.627. The lowest BCUT2D eigenvalue weighted by Gasteiger charge is -2.39. The van der Waals surface area contributed by atoms with Gasteiger partial charge in [-0.05, 0) is 57.1 Å². The van der Waals surface area contributed by atoms with Crippen molar-refractivity contribution in [1.29, 1.82) is 0 Å². The van der Waals surface area contributed by atoms with Gasteiger partial charge in [0.1, 0.15) is 4.90 Å². The number of carbonyl (C=O) groups excluding carboxylic acids is 2. The zero-order valence-corrected chi connectivity index (χ0v) is 19.8. The maximum absolute atomic E-state index is 13.3. The minimum atomic E-state index is -3.67. The SMILES string of the molecule is O=C(C1CCN(C(=O)[C@H]2CCCN(C3=NS(=O)(=O)c4ccccc43)C2)CC1)N1CCCCC1. The van der Waals surface area contributed by atoms with Crippen LogP contribution in [0.1, 0.15) is 50.5 Å². The highest BCUT2D eigenvalue weighted by Gasteiger charge is 2.37. The predicted octanol–water partition coefficient (Wildman–Crippen LogP) is 2.10. The zero-order valence-electron chi connectivity index (χ0n) is 19.0. The number of amidine groups is 1. The third-order valence-corrected chi connectivity index (χ3v) is 8.83. The summed E-state index contributed by atoms with van der Waals surface area (Å²) < 4.78 is 28.9. The van der Waals surface area contributed by atoms with Crippen LogP contribution in [-0.2, 0) is 19.6 Å². The average Bonchev–Trinajstić information content (AvgIpc) is 3.15. The summed E-state index contributed by atoms with van der Waals surface area (Å²) >= 11 is 0. The van der Waals surface area contributed by atoms with Crippen LogP contribution in [0.3, 0.4) is 0 Å². The molecule has 4 aliphatic rings. The van der Waals surface area contributed by atoms with Crippen molar-refractivity contribution in [2.45, 2.75) is 49.8 Å². The molecule has 0 spiro atoms. The molecule has 0 N–H and O–H groups in total. The number of nitrogens with zero attached hydrogens (tertiary/aromatic N) is 4. The van der Waals surface area contributed by atoms with Crippen LogP contribution < -0.4 is 0 Å². The Morgan fingerprint density at radius 3 is 2.21 bits per heavy atom. The minimum Gasteiger partial charge on any atom is -0.355 e. The Morgan fingerprint density at radius 2 is 1.45 bits per heavy atom. The Hall–Kier alpha value is -2.42. The van der Waals surface area contributed by atoms with E-state index in [1.54, 1.807) is 18.2 Å². The summed E-state index contributed by atoms with van der Waals surface area (Å²) in [6.07, 6.45) is 6.48. The number of benzene rings is 1. The smallest absolute Gasteiger partial charge is 0.285 e. The molecule has 9 heteroatoms. The lowest BCUT2D eigenvalue weighted by molar-refractivity contribution is -0.143. The Labute approximate surface area is 195 Å². The third kappa shape index (κ3) is 4.39. The molecule has 178 valence electrons. The number of sulfonamides is 1. The second kappa shape index (κ2) is 9.08. The first-order valence-corrected chi connectivity index (χ1v) is 13.6. The number of rotatable bonds is 2. The molecule has 0 aliphatic carbocycles. The van der Waals surface area contributed by atoms with Crippen molar-refractivity contribution >= 4 is 27.7 Å². The van der Waals surface area contributed by atoms with E-state index >= 15 is 0 Å². The van der Waals surface area contributed by atoms with Gasteiger partial charge in [-0.15, -0.1) is 4.40 Å². The number of fused-ring (bicyclic) bond motifs is 1. The second-order valence-electron chi connectivity index (χ2n) is 9.66. The Bertz CT molecular complexity index is 1060. The van der Waals surface area contributed by atoms with Gasteiger partial charge in [-0.1, -0.05) is 12.1 Å². The van der Waals surface area contributed by atoms with Crippen LogP contribution in [0.5, 0.6) is 0 Å². The van der Waals surface area contributed by atoms with Crippen LogP contribution in [0, 0.1) is 11.8 Å². The van der Waals surface area contributed by atoms with Crippen molar-refractivity contribution in [2.75, 3.05) is 39.3 Å². The number of likely N-dealkylation sites (tertiary alicyclic amines) is 3. The highest BCUT2D eigenvalue weighted by Crippen LogP contribution is 2.31. The summed E-state index contributed by atoms with van der Waals surface area (Å²) in [5, 5.41) is 0. The van der Waals surface area contributed by atoms with Crippen molar-refractivity contribution in [3.63, 3.8) is 0 Å². The summed E-state index contributed by atoms with van der Waals surface area (Å²) in [7, 11) is -3.67. The third-order valence-electron chi connectivity index (χ3n) is 7.51. The zero-order chi connectivity index (χ0) is 23.0. The summed E-state index contributed by atoms with van der Waals surface area (Å²) in [6.45, 7) is 4.17. The molecule has 0 aromatic heterocycles. The van der Waals surface area contributed by atoms with E-state index in [2.05, 4.69) is 4.40 Å². The van der Waals surface area contributed by atoms with Crippen molar-refractivity contribution < 1.29 is 18.0 Å². The number of hydrogen-bond acceptors (Lipinski definition) is 5. The highest BCUT2D eigenvalue weighted by molar-refractivity contribution is 7.90. The van der Waals surface area contributed by atoms with Gasteiger partial charge in [0.25, 0.3) is 10.0 Å². The summed E-state index contributed by atoms with van der Waals surface area (Å²) in [4.78, 5) is 32.3. The van der Waals surface area contributed by atoms with E-state index in [4.69, 9.17) is 0 Å². The van der Waals surface area contributed by atoms with Gasteiger partial charge in [-0.25, -0.2) is 0 Å². The van der Waals surface area contributed by atoms with Gasteiger partial charge in [0.15, 0.2) is 5.84 Å². The van der Waals surface area contributed by atoms with Gasteiger partial charge in [0, 0.05) is 50.7 Å². The maximum Gasteiger partial charge on any atom is 0.285 e. The van der Waals surface area contributed by atoms with E-state index in [-0.39, 0.29) is 28.5 Å². The van der Waals surface area contributed by atoms with Crippen molar-refractivity contribution in [1.82, 2.24) is 14.7 Å². The lowest BCUT2D eigenvalue weighted by Crippen LogP contribution is -2.50. The minimum absolute atomic E-state index is 0.0320. The lowest BCUT2D eigenvalue weighted by atomic mass is 9.91. The Balaban J connectivity index is 1.20. The van der Waals surface area contributed by atoms with Crippen molar-refractivity contribution in [2.24, 2.45) is 16.2 Å². The summed E-state index contributed by atoms with van der Waals surface area (Å²) in [5.74, 6) is 0.716. The van der Waals surface area contributed by atoms with Gasteiger partial charge in [-0.2, -0.15) is 8.42 Å². The average molecular weight is 473 g/mol. The van der Waals surface area contributed by atoms with Crippen LogP contribution in [0.25, 0.3) is 0 Å². The first-order chi connectivity index (χ1) is 15.9. The molecular weight excluding hydrogens is 440 g/mol. The van der Waals surface area contributed by atoms with Crippen molar-refractivity contribution in [3.8, 4) is 0 Å². The van der Waals surface area contributed by atoms with Gasteiger partial charge in [0.05, 0.1) is 5.92 Å². The fourth-order valence-electron chi connectivity index (χ4n) is 5.67. The largest absolute Gasteiger partial charge is 0.355 e. The molecule has 1 aromatic rings. The first-order valence-electron chi connectivity index (χ1n) is 12.2. The van der Waals surface area contributed by atoms with Gasteiger partial charge < -0.3 is 14.7 Å². The predicted molar refractivity (Wildman–Crippen MR) is 124 cm³/mol. The second-order valence-corrected chi connectivity index (χ2v) is 11.2. The number of piperidine rings is 3. The molecule has 0 unspecified atom stereocenters. The van der Waals surface area contributed by atoms with E-state index in [9.17, 15) is 18.0 Å². The molecule has 8 nitrogen and oxygen atoms in total. The molecular formula is C24H32N4O4S. The van der Waals surface area contributed by atoms with Gasteiger partial charge in [-0.3, -0.25) is 9.59 Å². The molecule has 3 saturated heterocycles. The normalized spacial score (nSPS) is 25.5. The molecule has 4 heterocycles. The fourth-order valence-corrected chi connectivity index (χ4v) is 6.89. The van der Waals surface area contributed by atoms with Crippen LogP contribution in [0.4, 0.5) is 0 Å². The quantitative estimate of drug-likeness (QED) is 0.658. The molecule has 0 saturated carbocycles. The fraction of sp³-hybridized carbons (Fsp3) is 0.625. The topological polar surface area (TPSA) is 90.4 Å². The van der Waals surface area contributed by atoms with Crippen LogP contribution >= 0.6 is 0 Å². The number of carbonyl (C=O) groups is 2. The maximum atomic E-state index is 13.3. The van der Waals surface area contributed by atoms with Gasteiger partial charge in [0.2, 0.25) is 11.8 Å². The molecule has 4 aliphatic heterocycles. The number of amides is 2. The Morgan fingerprint density at radius 1 is 0.788 bits per heavy atom. The van der Waals surface area contributed by atoms with Crippen LogP contribution in [-0.4, -0.2) is 80.0 Å².